The lowest BCUT2D eigenvalue weighted by molar-refractivity contribution is 0.0926. The number of carbonyl (C=O) groups is 2. The Morgan fingerprint density at radius 3 is 2.35 bits per heavy atom. The summed E-state index contributed by atoms with van der Waals surface area (Å²) in [6.07, 6.45) is 3.25. The zero-order valence-corrected chi connectivity index (χ0v) is 12.9. The molecule has 3 N–H and O–H groups in total. The fourth-order valence-electron chi connectivity index (χ4n) is 2.05. The Morgan fingerprint density at radius 2 is 1.61 bits per heavy atom. The van der Waals surface area contributed by atoms with Crippen LogP contribution in [0.25, 0.3) is 0 Å². The highest BCUT2D eigenvalue weighted by atomic mass is 16.3. The molecule has 0 spiro atoms. The van der Waals surface area contributed by atoms with Crippen LogP contribution in [0.5, 0.6) is 0 Å². The molecule has 0 unspecified atom stereocenters. The number of aryl methyl sites for hydroxylation is 1. The molecule has 0 aliphatic rings. The largest absolute Gasteiger partial charge is 0.459 e. The maximum Gasteiger partial charge on any atom is 0.314 e. The number of hydrogen-bond donors (Lipinski definition) is 3. The van der Waals surface area contributed by atoms with Crippen molar-refractivity contribution in [2.75, 3.05) is 19.6 Å². The third-order valence-electron chi connectivity index (χ3n) is 3.21. The second-order valence-corrected chi connectivity index (χ2v) is 5.01. The fraction of sp³-hybridized carbons (Fsp3) is 0.294. The van der Waals surface area contributed by atoms with Gasteiger partial charge in [-0.25, -0.2) is 4.79 Å². The molecule has 122 valence electrons. The van der Waals surface area contributed by atoms with E-state index in [1.54, 1.807) is 12.1 Å². The summed E-state index contributed by atoms with van der Waals surface area (Å²) in [6, 6.07) is 13.1. The molecule has 3 amide bonds. The molecule has 1 heterocycles. The molecule has 1 aromatic heterocycles. The number of amides is 3. The Balaban J connectivity index is 1.49. The van der Waals surface area contributed by atoms with Crippen molar-refractivity contribution in [2.24, 2.45) is 0 Å². The lowest BCUT2D eigenvalue weighted by atomic mass is 10.1. The summed E-state index contributed by atoms with van der Waals surface area (Å²) in [6.45, 7) is 1.31. The van der Waals surface area contributed by atoms with E-state index < -0.39 is 0 Å². The number of hydrogen-bond acceptors (Lipinski definition) is 3. The molecule has 0 saturated carbocycles. The van der Waals surface area contributed by atoms with Crippen molar-refractivity contribution in [1.82, 2.24) is 16.0 Å². The van der Waals surface area contributed by atoms with Crippen LogP contribution in [0, 0.1) is 0 Å². The van der Waals surface area contributed by atoms with E-state index >= 15 is 0 Å². The summed E-state index contributed by atoms with van der Waals surface area (Å²) in [5.41, 5.74) is 1.26. The van der Waals surface area contributed by atoms with E-state index in [1.165, 1.54) is 11.8 Å². The van der Waals surface area contributed by atoms with Crippen LogP contribution in [0.1, 0.15) is 22.5 Å². The highest BCUT2D eigenvalue weighted by molar-refractivity contribution is 5.91. The summed E-state index contributed by atoms with van der Waals surface area (Å²) >= 11 is 0. The Kier molecular flexibility index (Phi) is 6.71. The van der Waals surface area contributed by atoms with E-state index in [-0.39, 0.29) is 17.7 Å². The minimum absolute atomic E-state index is 0.231. The average Bonchev–Trinajstić information content (AvgIpc) is 3.11. The Labute approximate surface area is 135 Å². The van der Waals surface area contributed by atoms with Crippen molar-refractivity contribution >= 4 is 11.9 Å². The van der Waals surface area contributed by atoms with Crippen LogP contribution in [0.3, 0.4) is 0 Å². The maximum atomic E-state index is 11.6. The number of benzene rings is 1. The molecule has 6 nitrogen and oxygen atoms in total. The first-order valence-electron chi connectivity index (χ1n) is 7.63. The van der Waals surface area contributed by atoms with Gasteiger partial charge >= 0.3 is 6.03 Å². The van der Waals surface area contributed by atoms with Crippen LogP contribution in [0.4, 0.5) is 4.79 Å². The summed E-state index contributed by atoms with van der Waals surface area (Å²) < 4.78 is 4.96. The van der Waals surface area contributed by atoms with Gasteiger partial charge in [-0.1, -0.05) is 30.3 Å². The summed E-state index contributed by atoms with van der Waals surface area (Å²) in [7, 11) is 0. The van der Waals surface area contributed by atoms with Crippen molar-refractivity contribution in [3.63, 3.8) is 0 Å². The van der Waals surface area contributed by atoms with Crippen LogP contribution in [0.15, 0.2) is 53.1 Å². The zero-order valence-electron chi connectivity index (χ0n) is 12.9. The predicted octanol–water partition coefficient (Wildman–Crippen LogP) is 1.94. The van der Waals surface area contributed by atoms with Crippen LogP contribution in [0.2, 0.25) is 0 Å². The standard InChI is InChI=1S/C17H21N3O3/c21-16(15-9-5-13-23-15)18-11-12-20-17(22)19-10-4-8-14-6-2-1-3-7-14/h1-3,5-7,9,13H,4,8,10-12H2,(H,18,21)(H2,19,20,22). The van der Waals surface area contributed by atoms with E-state index in [0.717, 1.165) is 12.8 Å². The minimum atomic E-state index is -0.292. The van der Waals surface area contributed by atoms with Gasteiger partial charge in [0.05, 0.1) is 6.26 Å². The Morgan fingerprint density at radius 1 is 0.870 bits per heavy atom. The second-order valence-electron chi connectivity index (χ2n) is 5.01. The Bertz CT molecular complexity index is 597. The van der Waals surface area contributed by atoms with Gasteiger partial charge in [0.25, 0.3) is 5.91 Å². The van der Waals surface area contributed by atoms with Crippen LogP contribution in [-0.4, -0.2) is 31.6 Å². The molecule has 0 aliphatic heterocycles. The van der Waals surface area contributed by atoms with Crippen LogP contribution in [-0.2, 0) is 6.42 Å². The maximum absolute atomic E-state index is 11.6. The molecule has 0 aliphatic carbocycles. The van der Waals surface area contributed by atoms with Gasteiger partial charge in [-0.3, -0.25) is 4.79 Å². The van der Waals surface area contributed by atoms with Gasteiger partial charge in [0.2, 0.25) is 0 Å². The van der Waals surface area contributed by atoms with Gasteiger partial charge in [0.1, 0.15) is 0 Å². The van der Waals surface area contributed by atoms with Crippen molar-refractivity contribution in [2.45, 2.75) is 12.8 Å². The molecular formula is C17H21N3O3. The minimum Gasteiger partial charge on any atom is -0.459 e. The van der Waals surface area contributed by atoms with Gasteiger partial charge in [0.15, 0.2) is 5.76 Å². The van der Waals surface area contributed by atoms with Crippen LogP contribution >= 0.6 is 0 Å². The van der Waals surface area contributed by atoms with Crippen molar-refractivity contribution in [3.05, 3.63) is 60.1 Å². The van der Waals surface area contributed by atoms with E-state index in [2.05, 4.69) is 28.1 Å². The molecule has 0 atom stereocenters. The van der Waals surface area contributed by atoms with E-state index in [4.69, 9.17) is 4.42 Å². The lowest BCUT2D eigenvalue weighted by Gasteiger charge is -2.08. The quantitative estimate of drug-likeness (QED) is 0.651. The number of carbonyl (C=O) groups excluding carboxylic acids is 2. The second kappa shape index (κ2) is 9.30. The summed E-state index contributed by atoms with van der Waals surface area (Å²) in [5.74, 6) is -0.0320. The zero-order chi connectivity index (χ0) is 16.3. The van der Waals surface area contributed by atoms with Gasteiger partial charge in [-0.15, -0.1) is 0 Å². The molecule has 0 radical (unpaired) electrons. The average molecular weight is 315 g/mol. The van der Waals surface area contributed by atoms with E-state index in [9.17, 15) is 9.59 Å². The van der Waals surface area contributed by atoms with E-state index in [1.807, 2.05) is 18.2 Å². The Hall–Kier alpha value is -2.76. The molecule has 2 rings (SSSR count). The third kappa shape index (κ3) is 6.25. The first kappa shape index (κ1) is 16.6. The van der Waals surface area contributed by atoms with Crippen molar-refractivity contribution in [3.8, 4) is 0 Å². The molecule has 23 heavy (non-hydrogen) atoms. The monoisotopic (exact) mass is 315 g/mol. The van der Waals surface area contributed by atoms with E-state index in [0.29, 0.717) is 19.6 Å². The molecule has 2 aromatic rings. The SMILES string of the molecule is O=C(NCCCc1ccccc1)NCCNC(=O)c1ccco1. The summed E-state index contributed by atoms with van der Waals surface area (Å²) in [5, 5.41) is 8.13. The molecule has 0 bridgehead atoms. The lowest BCUT2D eigenvalue weighted by Crippen LogP contribution is -2.40. The molecule has 0 saturated heterocycles. The van der Waals surface area contributed by atoms with Crippen molar-refractivity contribution < 1.29 is 14.0 Å². The normalized spacial score (nSPS) is 10.1. The third-order valence-corrected chi connectivity index (χ3v) is 3.21. The smallest absolute Gasteiger partial charge is 0.314 e. The topological polar surface area (TPSA) is 83.4 Å². The summed E-state index contributed by atoms with van der Waals surface area (Å²) in [4.78, 5) is 23.1. The fourth-order valence-corrected chi connectivity index (χ4v) is 2.05. The number of rotatable bonds is 8. The predicted molar refractivity (Wildman–Crippen MR) is 87.2 cm³/mol. The first-order valence-corrected chi connectivity index (χ1v) is 7.63. The van der Waals surface area contributed by atoms with Gasteiger partial charge in [0, 0.05) is 19.6 Å². The number of nitrogens with one attached hydrogen (secondary N) is 3. The molecular weight excluding hydrogens is 294 g/mol. The highest BCUT2D eigenvalue weighted by Gasteiger charge is 2.07. The molecule has 1 aromatic carbocycles. The first-order chi connectivity index (χ1) is 11.3. The molecule has 0 fully saturated rings. The van der Waals surface area contributed by atoms with Gasteiger partial charge in [-0.2, -0.15) is 0 Å². The number of urea groups is 1. The van der Waals surface area contributed by atoms with Crippen LogP contribution < -0.4 is 16.0 Å². The number of furan rings is 1. The van der Waals surface area contributed by atoms with Gasteiger partial charge in [-0.05, 0) is 30.5 Å². The van der Waals surface area contributed by atoms with Crippen molar-refractivity contribution in [1.29, 1.82) is 0 Å². The molecule has 6 heteroatoms. The highest BCUT2D eigenvalue weighted by Crippen LogP contribution is 2.01. The van der Waals surface area contributed by atoms with Gasteiger partial charge < -0.3 is 20.4 Å².